The molecular formula is C21H15BrClN3O4. The summed E-state index contributed by atoms with van der Waals surface area (Å²) in [5.41, 5.74) is 4.04. The molecule has 0 fully saturated rings. The Morgan fingerprint density at radius 3 is 2.63 bits per heavy atom. The van der Waals surface area contributed by atoms with E-state index in [0.717, 1.165) is 15.6 Å². The zero-order chi connectivity index (χ0) is 21.5. The first kappa shape index (κ1) is 21.5. The number of nitro benzene ring substituents is 1. The number of carbonyl (C=O) groups is 1. The number of hydrogen-bond acceptors (Lipinski definition) is 5. The molecular weight excluding hydrogens is 474 g/mol. The summed E-state index contributed by atoms with van der Waals surface area (Å²) in [5, 5.41) is 15.4. The summed E-state index contributed by atoms with van der Waals surface area (Å²) in [6.45, 7) is 0.391. The van der Waals surface area contributed by atoms with E-state index in [0.29, 0.717) is 17.4 Å². The van der Waals surface area contributed by atoms with Gasteiger partial charge in [-0.05, 0) is 63.5 Å². The van der Waals surface area contributed by atoms with Gasteiger partial charge in [-0.25, -0.2) is 5.43 Å². The van der Waals surface area contributed by atoms with Crippen LogP contribution in [0, 0.1) is 10.1 Å². The van der Waals surface area contributed by atoms with Crippen LogP contribution in [0.1, 0.15) is 21.5 Å². The minimum Gasteiger partial charge on any atom is -0.488 e. The van der Waals surface area contributed by atoms with Gasteiger partial charge in [-0.2, -0.15) is 5.10 Å². The van der Waals surface area contributed by atoms with Crippen molar-refractivity contribution in [3.8, 4) is 5.75 Å². The Morgan fingerprint density at radius 1 is 1.17 bits per heavy atom. The van der Waals surface area contributed by atoms with Crippen LogP contribution in [0.2, 0.25) is 5.02 Å². The summed E-state index contributed by atoms with van der Waals surface area (Å²) >= 11 is 9.33. The first-order chi connectivity index (χ1) is 14.4. The molecule has 0 unspecified atom stereocenters. The van der Waals surface area contributed by atoms with E-state index in [-0.39, 0.29) is 11.3 Å². The van der Waals surface area contributed by atoms with Crippen LogP contribution < -0.4 is 10.2 Å². The Hall–Kier alpha value is -3.23. The maximum Gasteiger partial charge on any atom is 0.271 e. The number of rotatable bonds is 7. The van der Waals surface area contributed by atoms with Crippen LogP contribution in [0.25, 0.3) is 0 Å². The maximum absolute atomic E-state index is 12.1. The number of halogens is 2. The number of benzene rings is 3. The minimum absolute atomic E-state index is 0.147. The minimum atomic E-state index is -0.561. The van der Waals surface area contributed by atoms with E-state index in [9.17, 15) is 14.9 Å². The number of nitro groups is 1. The number of non-ortho nitro benzene ring substituents is 1. The standard InChI is InChI=1S/C21H15BrClN3O4/c22-19-10-15(6-9-20(19)30-13-14-4-7-17(23)8-5-14)12-24-25-21(27)16-2-1-3-18(11-16)26(28)29/h1-12H,13H2,(H,25,27)/b24-12-. The number of amides is 1. The Bertz CT molecular complexity index is 1100. The number of nitrogens with zero attached hydrogens (tertiary/aromatic N) is 2. The molecule has 0 saturated heterocycles. The normalized spacial score (nSPS) is 10.7. The van der Waals surface area contributed by atoms with Gasteiger partial charge < -0.3 is 4.74 Å². The van der Waals surface area contributed by atoms with Crippen molar-refractivity contribution in [2.75, 3.05) is 0 Å². The lowest BCUT2D eigenvalue weighted by Crippen LogP contribution is -2.17. The van der Waals surface area contributed by atoms with Gasteiger partial charge in [-0.1, -0.05) is 29.8 Å². The molecule has 3 rings (SSSR count). The fourth-order valence-corrected chi connectivity index (χ4v) is 3.08. The molecule has 0 saturated carbocycles. The van der Waals surface area contributed by atoms with Crippen molar-refractivity contribution in [3.63, 3.8) is 0 Å². The monoisotopic (exact) mass is 487 g/mol. The molecule has 3 aromatic rings. The highest BCUT2D eigenvalue weighted by molar-refractivity contribution is 9.10. The highest BCUT2D eigenvalue weighted by Crippen LogP contribution is 2.26. The largest absolute Gasteiger partial charge is 0.488 e. The molecule has 0 atom stereocenters. The topological polar surface area (TPSA) is 93.8 Å². The Morgan fingerprint density at radius 2 is 1.93 bits per heavy atom. The van der Waals surface area contributed by atoms with E-state index in [1.165, 1.54) is 30.5 Å². The molecule has 0 aliphatic carbocycles. The molecule has 7 nitrogen and oxygen atoms in total. The molecule has 0 heterocycles. The summed E-state index contributed by atoms with van der Waals surface area (Å²) in [6.07, 6.45) is 1.46. The van der Waals surface area contributed by atoms with Crippen LogP contribution >= 0.6 is 27.5 Å². The summed E-state index contributed by atoms with van der Waals surface area (Å²) in [7, 11) is 0. The Labute approximate surface area is 185 Å². The second-order valence-corrected chi connectivity index (χ2v) is 7.40. The number of hydrogen-bond donors (Lipinski definition) is 1. The van der Waals surface area contributed by atoms with Gasteiger partial charge >= 0.3 is 0 Å². The number of carbonyl (C=O) groups excluding carboxylic acids is 1. The Kier molecular flexibility index (Phi) is 7.16. The van der Waals surface area contributed by atoms with Crippen LogP contribution in [-0.2, 0) is 6.61 Å². The zero-order valence-corrected chi connectivity index (χ0v) is 17.8. The summed E-state index contributed by atoms with van der Waals surface area (Å²) in [4.78, 5) is 22.3. The lowest BCUT2D eigenvalue weighted by molar-refractivity contribution is -0.384. The third-order valence-electron chi connectivity index (χ3n) is 3.96. The molecule has 0 aliphatic heterocycles. The van der Waals surface area contributed by atoms with Crippen molar-refractivity contribution >= 4 is 45.3 Å². The lowest BCUT2D eigenvalue weighted by Gasteiger charge is -2.09. The summed E-state index contributed by atoms with van der Waals surface area (Å²) in [6, 6.07) is 18.2. The number of nitrogens with one attached hydrogen (secondary N) is 1. The molecule has 0 radical (unpaired) electrons. The zero-order valence-electron chi connectivity index (χ0n) is 15.4. The predicted molar refractivity (Wildman–Crippen MR) is 118 cm³/mol. The summed E-state index contributed by atoms with van der Waals surface area (Å²) in [5.74, 6) is 0.111. The van der Waals surface area contributed by atoms with E-state index >= 15 is 0 Å². The van der Waals surface area contributed by atoms with Crippen molar-refractivity contribution in [2.45, 2.75) is 6.61 Å². The SMILES string of the molecule is O=C(N/N=C\c1ccc(OCc2ccc(Cl)cc2)c(Br)c1)c1cccc([N+](=O)[O-])c1. The van der Waals surface area contributed by atoms with Gasteiger partial charge in [0.1, 0.15) is 12.4 Å². The molecule has 9 heteroatoms. The first-order valence-electron chi connectivity index (χ1n) is 8.67. The van der Waals surface area contributed by atoms with Crippen LogP contribution in [-0.4, -0.2) is 17.0 Å². The molecule has 0 aromatic heterocycles. The predicted octanol–water partition coefficient (Wildman–Crippen LogP) is 5.35. The van der Waals surface area contributed by atoms with E-state index in [4.69, 9.17) is 16.3 Å². The quantitative estimate of drug-likeness (QED) is 0.275. The van der Waals surface area contributed by atoms with E-state index in [1.54, 1.807) is 30.3 Å². The van der Waals surface area contributed by atoms with Crippen molar-refractivity contribution in [2.24, 2.45) is 5.10 Å². The maximum atomic E-state index is 12.1. The highest BCUT2D eigenvalue weighted by Gasteiger charge is 2.10. The van der Waals surface area contributed by atoms with Crippen molar-refractivity contribution in [1.29, 1.82) is 0 Å². The average molecular weight is 489 g/mol. The number of hydrazone groups is 1. The lowest BCUT2D eigenvalue weighted by atomic mass is 10.2. The summed E-state index contributed by atoms with van der Waals surface area (Å²) < 4.78 is 6.52. The smallest absolute Gasteiger partial charge is 0.271 e. The molecule has 1 amide bonds. The van der Waals surface area contributed by atoms with Gasteiger partial charge in [0.15, 0.2) is 0 Å². The van der Waals surface area contributed by atoms with Crippen LogP contribution in [0.15, 0.2) is 76.3 Å². The number of ether oxygens (including phenoxy) is 1. The van der Waals surface area contributed by atoms with Gasteiger partial charge in [-0.15, -0.1) is 0 Å². The molecule has 0 bridgehead atoms. The van der Waals surface area contributed by atoms with Crippen LogP contribution in [0.3, 0.4) is 0 Å². The second kappa shape index (κ2) is 10.00. The fraction of sp³-hybridized carbons (Fsp3) is 0.0476. The third kappa shape index (κ3) is 5.88. The van der Waals surface area contributed by atoms with E-state index < -0.39 is 10.8 Å². The Balaban J connectivity index is 1.59. The van der Waals surface area contributed by atoms with Crippen molar-refractivity contribution in [1.82, 2.24) is 5.43 Å². The van der Waals surface area contributed by atoms with Gasteiger partial charge in [0.2, 0.25) is 0 Å². The molecule has 1 N–H and O–H groups in total. The first-order valence-corrected chi connectivity index (χ1v) is 9.84. The van der Waals surface area contributed by atoms with Crippen molar-refractivity contribution < 1.29 is 14.5 Å². The highest BCUT2D eigenvalue weighted by atomic mass is 79.9. The fourth-order valence-electron chi connectivity index (χ4n) is 2.45. The van der Waals surface area contributed by atoms with Crippen LogP contribution in [0.5, 0.6) is 5.75 Å². The van der Waals surface area contributed by atoms with Gasteiger partial charge in [-0.3, -0.25) is 14.9 Å². The molecule has 152 valence electrons. The van der Waals surface area contributed by atoms with Crippen molar-refractivity contribution in [3.05, 3.63) is 103 Å². The van der Waals surface area contributed by atoms with Gasteiger partial charge in [0, 0.05) is 22.7 Å². The molecule has 0 spiro atoms. The second-order valence-electron chi connectivity index (χ2n) is 6.11. The average Bonchev–Trinajstić information content (AvgIpc) is 2.74. The molecule has 30 heavy (non-hydrogen) atoms. The van der Waals surface area contributed by atoms with E-state index in [2.05, 4.69) is 26.5 Å². The van der Waals surface area contributed by atoms with Gasteiger partial charge in [0.25, 0.3) is 11.6 Å². The van der Waals surface area contributed by atoms with Crippen LogP contribution in [0.4, 0.5) is 5.69 Å². The molecule has 3 aromatic carbocycles. The molecule has 0 aliphatic rings. The third-order valence-corrected chi connectivity index (χ3v) is 4.83. The van der Waals surface area contributed by atoms with E-state index in [1.807, 2.05) is 12.1 Å². The van der Waals surface area contributed by atoms with Gasteiger partial charge in [0.05, 0.1) is 15.6 Å².